The number of carbonyl (C=O) groups is 1. The van der Waals surface area contributed by atoms with Gasteiger partial charge in [-0.3, -0.25) is 0 Å². The largest absolute Gasteiger partial charge is 0.477 e. The Balaban J connectivity index is 3.34. The highest BCUT2D eigenvalue weighted by Crippen LogP contribution is 2.26. The fraction of sp³-hybridized carbons (Fsp3) is 0.333. The summed E-state index contributed by atoms with van der Waals surface area (Å²) in [6, 6.07) is 1.75. The zero-order chi connectivity index (χ0) is 10.0. The van der Waals surface area contributed by atoms with Gasteiger partial charge >= 0.3 is 5.97 Å². The van der Waals surface area contributed by atoms with Gasteiger partial charge in [0.2, 0.25) is 0 Å². The van der Waals surface area contributed by atoms with Crippen molar-refractivity contribution in [1.29, 1.82) is 0 Å². The first-order valence-electron chi connectivity index (χ1n) is 3.91. The Hall–Kier alpha value is -0.900. The lowest BCUT2D eigenvalue weighted by Gasteiger charge is -2.10. The van der Waals surface area contributed by atoms with E-state index in [2.05, 4.69) is 20.9 Å². The predicted molar refractivity (Wildman–Crippen MR) is 53.0 cm³/mol. The van der Waals surface area contributed by atoms with Crippen molar-refractivity contribution in [2.24, 2.45) is 0 Å². The minimum absolute atomic E-state index is 0.129. The smallest absolute Gasteiger partial charge is 0.354 e. The van der Waals surface area contributed by atoms with Gasteiger partial charge in [0.05, 0.1) is 0 Å². The first-order valence-corrected chi connectivity index (χ1v) is 4.71. The van der Waals surface area contributed by atoms with Crippen LogP contribution in [0.25, 0.3) is 0 Å². The van der Waals surface area contributed by atoms with E-state index < -0.39 is 5.97 Å². The summed E-state index contributed by atoms with van der Waals surface area (Å²) >= 11 is 3.31. The number of aromatic nitrogens is 1. The highest BCUT2D eigenvalue weighted by Gasteiger charge is 2.16. The van der Waals surface area contributed by atoms with E-state index in [4.69, 9.17) is 5.11 Å². The van der Waals surface area contributed by atoms with Gasteiger partial charge in [0.15, 0.2) is 5.69 Å². The summed E-state index contributed by atoms with van der Waals surface area (Å²) in [7, 11) is 0. The predicted octanol–water partition coefficient (Wildman–Crippen LogP) is 2.67. The minimum atomic E-state index is -0.981. The molecule has 1 N–H and O–H groups in total. The lowest BCUT2D eigenvalue weighted by Crippen LogP contribution is -2.07. The van der Waals surface area contributed by atoms with E-state index >= 15 is 0 Å². The molecule has 0 aliphatic rings. The molecule has 0 saturated heterocycles. The molecule has 0 fully saturated rings. The van der Waals surface area contributed by atoms with Crippen LogP contribution < -0.4 is 0 Å². The summed E-state index contributed by atoms with van der Waals surface area (Å²) in [4.78, 5) is 14.6. The van der Waals surface area contributed by atoms with E-state index in [9.17, 15) is 4.79 Å². The fourth-order valence-corrected chi connectivity index (χ4v) is 1.93. The van der Waals surface area contributed by atoms with Gasteiger partial charge in [0.1, 0.15) is 0 Å². The number of carboxylic acids is 1. The third-order valence-electron chi connectivity index (χ3n) is 1.72. The Labute approximate surface area is 84.9 Å². The molecule has 0 unspecified atom stereocenters. The Bertz CT molecular complexity index is 336. The highest BCUT2D eigenvalue weighted by molar-refractivity contribution is 9.10. The number of halogens is 1. The van der Waals surface area contributed by atoms with Crippen LogP contribution in [-0.2, 0) is 0 Å². The van der Waals surface area contributed by atoms with Gasteiger partial charge in [-0.1, -0.05) is 29.8 Å². The van der Waals surface area contributed by atoms with Crippen LogP contribution in [0.2, 0.25) is 0 Å². The van der Waals surface area contributed by atoms with Crippen LogP contribution in [0.1, 0.15) is 35.8 Å². The summed E-state index contributed by atoms with van der Waals surface area (Å²) in [6.45, 7) is 3.88. The molecule has 0 aliphatic heterocycles. The molecule has 0 spiro atoms. The summed E-state index contributed by atoms with van der Waals surface area (Å²) in [5.74, 6) is -0.834. The first kappa shape index (κ1) is 10.2. The van der Waals surface area contributed by atoms with Crippen molar-refractivity contribution in [3.8, 4) is 0 Å². The lowest BCUT2D eigenvalue weighted by molar-refractivity contribution is 0.0688. The van der Waals surface area contributed by atoms with E-state index in [1.54, 1.807) is 6.07 Å². The number of rotatable bonds is 2. The van der Waals surface area contributed by atoms with Crippen molar-refractivity contribution in [3.63, 3.8) is 0 Å². The minimum Gasteiger partial charge on any atom is -0.477 e. The third kappa shape index (κ3) is 2.06. The molecule has 3 nitrogen and oxygen atoms in total. The van der Waals surface area contributed by atoms with Gasteiger partial charge in [-0.05, 0) is 12.0 Å². The zero-order valence-electron chi connectivity index (χ0n) is 7.41. The molecule has 0 saturated carbocycles. The van der Waals surface area contributed by atoms with Crippen LogP contribution >= 0.6 is 15.9 Å². The van der Waals surface area contributed by atoms with Gasteiger partial charge in [-0.2, -0.15) is 0 Å². The fourth-order valence-electron chi connectivity index (χ4n) is 1.17. The molecule has 13 heavy (non-hydrogen) atoms. The standard InChI is InChI=1S/C9H10BrNO2/c1-5(2)7-6(10)3-4-11-8(7)9(12)13/h3-5H,1-2H3,(H,12,13). The zero-order valence-corrected chi connectivity index (χ0v) is 9.00. The molecule has 1 heterocycles. The van der Waals surface area contributed by atoms with Crippen LogP contribution in [-0.4, -0.2) is 16.1 Å². The number of hydrogen-bond donors (Lipinski definition) is 1. The highest BCUT2D eigenvalue weighted by atomic mass is 79.9. The summed E-state index contributed by atoms with van der Waals surface area (Å²) < 4.78 is 0.801. The van der Waals surface area contributed by atoms with Crippen molar-refractivity contribution in [3.05, 3.63) is 28.0 Å². The molecule has 4 heteroatoms. The van der Waals surface area contributed by atoms with Crippen molar-refractivity contribution in [2.75, 3.05) is 0 Å². The topological polar surface area (TPSA) is 50.2 Å². The molecule has 0 aromatic carbocycles. The number of aromatic carboxylic acids is 1. The Morgan fingerprint density at radius 2 is 2.23 bits per heavy atom. The van der Waals surface area contributed by atoms with E-state index in [1.807, 2.05) is 13.8 Å². The second-order valence-corrected chi connectivity index (χ2v) is 3.87. The van der Waals surface area contributed by atoms with Gasteiger partial charge in [0, 0.05) is 16.2 Å². The average molecular weight is 244 g/mol. The summed E-state index contributed by atoms with van der Waals surface area (Å²) in [6.07, 6.45) is 1.49. The van der Waals surface area contributed by atoms with Gasteiger partial charge in [-0.15, -0.1) is 0 Å². The lowest BCUT2D eigenvalue weighted by atomic mass is 10.0. The second kappa shape index (κ2) is 3.87. The summed E-state index contributed by atoms with van der Waals surface area (Å²) in [5, 5.41) is 8.86. The molecule has 0 atom stereocenters. The van der Waals surface area contributed by atoms with E-state index in [1.165, 1.54) is 6.20 Å². The third-order valence-corrected chi connectivity index (χ3v) is 2.41. The van der Waals surface area contributed by atoms with Crippen LogP contribution in [0.3, 0.4) is 0 Å². The average Bonchev–Trinajstić information content (AvgIpc) is 2.02. The Morgan fingerprint density at radius 1 is 1.62 bits per heavy atom. The molecule has 0 radical (unpaired) electrons. The molecule has 0 aliphatic carbocycles. The quantitative estimate of drug-likeness (QED) is 0.869. The van der Waals surface area contributed by atoms with Crippen molar-refractivity contribution < 1.29 is 9.90 Å². The molecular formula is C9H10BrNO2. The SMILES string of the molecule is CC(C)c1c(Br)ccnc1C(=O)O. The van der Waals surface area contributed by atoms with Gasteiger partial charge in [0.25, 0.3) is 0 Å². The number of pyridine rings is 1. The number of carboxylic acid groups (broad SMARTS) is 1. The molecule has 1 rings (SSSR count). The van der Waals surface area contributed by atoms with Crippen molar-refractivity contribution in [1.82, 2.24) is 4.98 Å². The van der Waals surface area contributed by atoms with Crippen LogP contribution in [0.15, 0.2) is 16.7 Å². The van der Waals surface area contributed by atoms with Crippen molar-refractivity contribution in [2.45, 2.75) is 19.8 Å². The van der Waals surface area contributed by atoms with Crippen LogP contribution in [0.5, 0.6) is 0 Å². The molecule has 0 bridgehead atoms. The van der Waals surface area contributed by atoms with Crippen LogP contribution in [0, 0.1) is 0 Å². The molecule has 1 aromatic heterocycles. The molecule has 1 aromatic rings. The normalized spacial score (nSPS) is 10.5. The first-order chi connectivity index (χ1) is 6.04. The van der Waals surface area contributed by atoms with E-state index in [-0.39, 0.29) is 11.6 Å². The number of hydrogen-bond acceptors (Lipinski definition) is 2. The maximum atomic E-state index is 10.8. The Kier molecular flexibility index (Phi) is 3.03. The van der Waals surface area contributed by atoms with Gasteiger partial charge < -0.3 is 5.11 Å². The Morgan fingerprint density at radius 3 is 2.62 bits per heavy atom. The van der Waals surface area contributed by atoms with E-state index in [0.29, 0.717) is 0 Å². The monoisotopic (exact) mass is 243 g/mol. The molecule has 0 amide bonds. The maximum Gasteiger partial charge on any atom is 0.354 e. The van der Waals surface area contributed by atoms with E-state index in [0.717, 1.165) is 10.0 Å². The van der Waals surface area contributed by atoms with Crippen molar-refractivity contribution >= 4 is 21.9 Å². The second-order valence-electron chi connectivity index (χ2n) is 3.01. The summed E-state index contributed by atoms with van der Waals surface area (Å²) in [5.41, 5.74) is 0.874. The van der Waals surface area contributed by atoms with Crippen LogP contribution in [0.4, 0.5) is 0 Å². The maximum absolute atomic E-state index is 10.8. The number of nitrogens with zero attached hydrogens (tertiary/aromatic N) is 1. The molecular weight excluding hydrogens is 234 g/mol. The molecule has 70 valence electrons. The van der Waals surface area contributed by atoms with Gasteiger partial charge in [-0.25, -0.2) is 9.78 Å².